The Kier molecular flexibility index (Phi) is 5.24. The highest BCUT2D eigenvalue weighted by atomic mass is 32.1. The van der Waals surface area contributed by atoms with E-state index < -0.39 is 0 Å². The summed E-state index contributed by atoms with van der Waals surface area (Å²) < 4.78 is 7.13. The third-order valence-electron chi connectivity index (χ3n) is 3.99. The molecule has 1 aliphatic heterocycles. The van der Waals surface area contributed by atoms with Crippen LogP contribution < -0.4 is 0 Å². The van der Waals surface area contributed by atoms with Gasteiger partial charge in [-0.05, 0) is 36.8 Å². The Hall–Kier alpha value is -1.66. The summed E-state index contributed by atoms with van der Waals surface area (Å²) in [4.78, 5) is 16.1. The lowest BCUT2D eigenvalue weighted by Crippen LogP contribution is -2.45. The van der Waals surface area contributed by atoms with Gasteiger partial charge in [-0.2, -0.15) is 5.10 Å². The maximum Gasteiger partial charge on any atom is 0.244 e. The molecule has 1 aliphatic rings. The van der Waals surface area contributed by atoms with E-state index in [9.17, 15) is 4.79 Å². The van der Waals surface area contributed by atoms with Gasteiger partial charge in [-0.1, -0.05) is 6.07 Å². The van der Waals surface area contributed by atoms with E-state index in [1.807, 2.05) is 17.2 Å². The minimum absolute atomic E-state index is 0.146. The van der Waals surface area contributed by atoms with Gasteiger partial charge < -0.3 is 9.64 Å². The molecule has 0 N–H and O–H groups in total. The van der Waals surface area contributed by atoms with Crippen molar-refractivity contribution < 1.29 is 9.53 Å². The van der Waals surface area contributed by atoms with Crippen LogP contribution in [0.4, 0.5) is 0 Å². The molecule has 0 unspecified atom stereocenters. The van der Waals surface area contributed by atoms with Gasteiger partial charge in [0, 0.05) is 43.1 Å². The molecule has 1 fully saturated rings. The van der Waals surface area contributed by atoms with Crippen LogP contribution in [-0.4, -0.2) is 46.4 Å². The van der Waals surface area contributed by atoms with Gasteiger partial charge in [0.05, 0.1) is 0 Å². The van der Waals surface area contributed by atoms with Crippen LogP contribution in [0.25, 0.3) is 0 Å². The zero-order chi connectivity index (χ0) is 15.2. The summed E-state index contributed by atoms with van der Waals surface area (Å²) in [6.45, 7) is 2.57. The summed E-state index contributed by atoms with van der Waals surface area (Å²) in [5, 5.41) is 6.22. The zero-order valence-corrected chi connectivity index (χ0v) is 13.4. The van der Waals surface area contributed by atoms with Gasteiger partial charge in [0.2, 0.25) is 5.91 Å². The van der Waals surface area contributed by atoms with Gasteiger partial charge in [-0.15, -0.1) is 11.3 Å². The Morgan fingerprint density at radius 3 is 2.95 bits per heavy atom. The van der Waals surface area contributed by atoms with Gasteiger partial charge in [-0.25, -0.2) is 0 Å². The monoisotopic (exact) mass is 319 g/mol. The van der Waals surface area contributed by atoms with E-state index in [1.54, 1.807) is 22.2 Å². The molecular weight excluding hydrogens is 298 g/mol. The Bertz CT molecular complexity index is 562. The predicted octanol–water partition coefficient (Wildman–Crippen LogP) is 2.19. The molecule has 1 saturated heterocycles. The van der Waals surface area contributed by atoms with Crippen LogP contribution in [0, 0.1) is 0 Å². The summed E-state index contributed by atoms with van der Waals surface area (Å²) in [5.74, 6) is 0.146. The number of carbonyl (C=O) groups excluding carboxylic acids is 1. The van der Waals surface area contributed by atoms with Gasteiger partial charge in [-0.3, -0.25) is 9.48 Å². The first-order valence-corrected chi connectivity index (χ1v) is 8.58. The fraction of sp³-hybridized carbons (Fsp3) is 0.500. The third kappa shape index (κ3) is 3.96. The van der Waals surface area contributed by atoms with Crippen LogP contribution in [0.15, 0.2) is 36.0 Å². The summed E-state index contributed by atoms with van der Waals surface area (Å²) >= 11 is 1.75. The van der Waals surface area contributed by atoms with Gasteiger partial charge >= 0.3 is 0 Å². The average Bonchev–Trinajstić information content (AvgIpc) is 3.22. The molecule has 0 aliphatic carbocycles. The second-order valence-electron chi connectivity index (χ2n) is 5.46. The van der Waals surface area contributed by atoms with Crippen molar-refractivity contribution in [3.8, 4) is 0 Å². The molecule has 0 aromatic carbocycles. The maximum absolute atomic E-state index is 12.7. The van der Waals surface area contributed by atoms with E-state index in [4.69, 9.17) is 4.74 Å². The zero-order valence-electron chi connectivity index (χ0n) is 12.6. The van der Waals surface area contributed by atoms with Gasteiger partial charge in [0.15, 0.2) is 0 Å². The molecule has 2 aromatic heterocycles. The molecule has 0 atom stereocenters. The molecule has 6 heteroatoms. The Balaban J connectivity index is 1.65. The van der Waals surface area contributed by atoms with Crippen LogP contribution in [-0.2, 0) is 22.5 Å². The van der Waals surface area contributed by atoms with Crippen molar-refractivity contribution in [1.29, 1.82) is 0 Å². The maximum atomic E-state index is 12.7. The second-order valence-corrected chi connectivity index (χ2v) is 6.50. The summed E-state index contributed by atoms with van der Waals surface area (Å²) in [5.41, 5.74) is 0. The third-order valence-corrected chi connectivity index (χ3v) is 4.92. The Labute approximate surface area is 134 Å². The fourth-order valence-electron chi connectivity index (χ4n) is 2.82. The standard InChI is InChI=1S/C16H21N3O2S/c20-16(13-18-8-2-7-17-18)19(14-5-10-21-11-6-14)9-4-15-3-1-12-22-15/h1-3,7-8,12,14H,4-6,9-11,13H2. The van der Waals surface area contributed by atoms with E-state index in [-0.39, 0.29) is 11.9 Å². The van der Waals surface area contributed by atoms with Crippen LogP contribution >= 0.6 is 11.3 Å². The lowest BCUT2D eigenvalue weighted by Gasteiger charge is -2.34. The molecule has 22 heavy (non-hydrogen) atoms. The normalized spacial score (nSPS) is 15.8. The number of carbonyl (C=O) groups is 1. The number of ether oxygens (including phenoxy) is 1. The highest BCUT2D eigenvalue weighted by molar-refractivity contribution is 7.09. The second kappa shape index (κ2) is 7.56. The minimum atomic E-state index is 0.146. The topological polar surface area (TPSA) is 47.4 Å². The molecule has 0 radical (unpaired) electrons. The van der Waals surface area contributed by atoms with E-state index in [1.165, 1.54) is 4.88 Å². The summed E-state index contributed by atoms with van der Waals surface area (Å²) in [7, 11) is 0. The Morgan fingerprint density at radius 1 is 1.41 bits per heavy atom. The summed E-state index contributed by atoms with van der Waals surface area (Å²) in [6, 6.07) is 6.32. The molecule has 0 saturated carbocycles. The number of aromatic nitrogens is 2. The van der Waals surface area contributed by atoms with Crippen LogP contribution in [0.3, 0.4) is 0 Å². The fourth-order valence-corrected chi connectivity index (χ4v) is 3.51. The molecule has 3 rings (SSSR count). The SMILES string of the molecule is O=C(Cn1cccn1)N(CCc1cccs1)C1CCOCC1. The number of hydrogen-bond donors (Lipinski definition) is 0. The molecule has 5 nitrogen and oxygen atoms in total. The van der Waals surface area contributed by atoms with Gasteiger partial charge in [0.25, 0.3) is 0 Å². The van der Waals surface area contributed by atoms with Crippen molar-refractivity contribution >= 4 is 17.2 Å². The first kappa shape index (κ1) is 15.2. The number of thiophene rings is 1. The first-order valence-electron chi connectivity index (χ1n) is 7.70. The van der Waals surface area contributed by atoms with Crippen LogP contribution in [0.2, 0.25) is 0 Å². The van der Waals surface area contributed by atoms with Crippen molar-refractivity contribution in [3.63, 3.8) is 0 Å². The largest absolute Gasteiger partial charge is 0.381 e. The number of hydrogen-bond acceptors (Lipinski definition) is 4. The van der Waals surface area contributed by atoms with Crippen molar-refractivity contribution in [2.75, 3.05) is 19.8 Å². The van der Waals surface area contributed by atoms with Crippen molar-refractivity contribution in [1.82, 2.24) is 14.7 Å². The van der Waals surface area contributed by atoms with Crippen molar-refractivity contribution in [2.45, 2.75) is 31.8 Å². The van der Waals surface area contributed by atoms with E-state index in [2.05, 4.69) is 22.6 Å². The van der Waals surface area contributed by atoms with Crippen molar-refractivity contribution in [2.24, 2.45) is 0 Å². The van der Waals surface area contributed by atoms with E-state index >= 15 is 0 Å². The van der Waals surface area contributed by atoms with E-state index in [0.29, 0.717) is 6.54 Å². The highest BCUT2D eigenvalue weighted by Gasteiger charge is 2.25. The lowest BCUT2D eigenvalue weighted by molar-refractivity contribution is -0.136. The molecule has 0 spiro atoms. The van der Waals surface area contributed by atoms with Crippen molar-refractivity contribution in [3.05, 3.63) is 40.8 Å². The van der Waals surface area contributed by atoms with Crippen LogP contribution in [0.5, 0.6) is 0 Å². The molecule has 0 bridgehead atoms. The molecule has 118 valence electrons. The molecule has 3 heterocycles. The number of rotatable bonds is 6. The highest BCUT2D eigenvalue weighted by Crippen LogP contribution is 2.17. The smallest absolute Gasteiger partial charge is 0.244 e. The quantitative estimate of drug-likeness (QED) is 0.820. The lowest BCUT2D eigenvalue weighted by atomic mass is 10.1. The van der Waals surface area contributed by atoms with Gasteiger partial charge in [0.1, 0.15) is 6.54 Å². The molecule has 2 aromatic rings. The average molecular weight is 319 g/mol. The number of nitrogens with zero attached hydrogens (tertiary/aromatic N) is 3. The van der Waals surface area contributed by atoms with Crippen LogP contribution in [0.1, 0.15) is 17.7 Å². The first-order chi connectivity index (χ1) is 10.8. The number of amides is 1. The summed E-state index contributed by atoms with van der Waals surface area (Å²) in [6.07, 6.45) is 6.31. The molecular formula is C16H21N3O2S. The minimum Gasteiger partial charge on any atom is -0.381 e. The predicted molar refractivity (Wildman–Crippen MR) is 85.8 cm³/mol. The molecule has 1 amide bonds. The van der Waals surface area contributed by atoms with E-state index in [0.717, 1.165) is 39.0 Å². The Morgan fingerprint density at radius 2 is 2.27 bits per heavy atom.